The lowest BCUT2D eigenvalue weighted by atomic mass is 10.0. The van der Waals surface area contributed by atoms with Crippen LogP contribution in [0.15, 0.2) is 18.2 Å². The Morgan fingerprint density at radius 2 is 2.30 bits per heavy atom. The highest BCUT2D eigenvalue weighted by Gasteiger charge is 2.30. The molecule has 1 heterocycles. The van der Waals surface area contributed by atoms with E-state index in [-0.39, 0.29) is 23.3 Å². The van der Waals surface area contributed by atoms with Crippen LogP contribution in [0.5, 0.6) is 0 Å². The fourth-order valence-electron chi connectivity index (χ4n) is 2.87. The third-order valence-corrected chi connectivity index (χ3v) is 4.13. The van der Waals surface area contributed by atoms with Gasteiger partial charge in [0.1, 0.15) is 0 Å². The maximum Gasteiger partial charge on any atom is 0.269 e. The van der Waals surface area contributed by atoms with Crippen LogP contribution in [0.25, 0.3) is 0 Å². The molecule has 0 radical (unpaired) electrons. The second kappa shape index (κ2) is 6.19. The lowest BCUT2D eigenvalue weighted by Gasteiger charge is -2.25. The fraction of sp³-hybridized carbons (Fsp3) is 0.571. The highest BCUT2D eigenvalue weighted by atomic mass is 16.6. The summed E-state index contributed by atoms with van der Waals surface area (Å²) in [4.78, 5) is 12.7. The van der Waals surface area contributed by atoms with Crippen molar-refractivity contribution < 1.29 is 10.0 Å². The SMILES string of the molecule is CNc1ccc([N+](=O)[O-])cc1CN1CCC(C)C1CO. The van der Waals surface area contributed by atoms with Gasteiger partial charge in [-0.05, 0) is 30.5 Å². The standard InChI is InChI=1S/C14H21N3O3/c1-10-5-6-16(14(10)9-18)8-11-7-12(17(19)20)3-4-13(11)15-2/h3-4,7,10,14-15,18H,5-6,8-9H2,1-2H3. The molecule has 20 heavy (non-hydrogen) atoms. The monoisotopic (exact) mass is 279 g/mol. The zero-order valence-corrected chi connectivity index (χ0v) is 11.9. The first-order valence-electron chi connectivity index (χ1n) is 6.86. The molecule has 1 aliphatic rings. The first-order valence-corrected chi connectivity index (χ1v) is 6.86. The molecule has 2 N–H and O–H groups in total. The Balaban J connectivity index is 2.23. The van der Waals surface area contributed by atoms with E-state index in [1.165, 1.54) is 6.07 Å². The largest absolute Gasteiger partial charge is 0.395 e. The number of nitro benzene ring substituents is 1. The highest BCUT2D eigenvalue weighted by Crippen LogP contribution is 2.29. The van der Waals surface area contributed by atoms with Crippen molar-refractivity contribution in [3.63, 3.8) is 0 Å². The minimum atomic E-state index is -0.376. The van der Waals surface area contributed by atoms with Crippen molar-refractivity contribution in [1.82, 2.24) is 4.90 Å². The van der Waals surface area contributed by atoms with E-state index < -0.39 is 0 Å². The first-order chi connectivity index (χ1) is 9.56. The van der Waals surface area contributed by atoms with Crippen LogP contribution < -0.4 is 5.32 Å². The summed E-state index contributed by atoms with van der Waals surface area (Å²) in [5.41, 5.74) is 1.90. The van der Waals surface area contributed by atoms with E-state index in [2.05, 4.69) is 17.1 Å². The van der Waals surface area contributed by atoms with E-state index in [0.717, 1.165) is 24.2 Å². The Labute approximate surface area is 118 Å². The van der Waals surface area contributed by atoms with Crippen LogP contribution in [-0.4, -0.2) is 41.2 Å². The second-order valence-electron chi connectivity index (χ2n) is 5.33. The van der Waals surface area contributed by atoms with Crippen LogP contribution >= 0.6 is 0 Å². The smallest absolute Gasteiger partial charge is 0.269 e. The summed E-state index contributed by atoms with van der Waals surface area (Å²) in [5.74, 6) is 0.455. The number of rotatable bonds is 5. The molecule has 1 aromatic rings. The predicted molar refractivity (Wildman–Crippen MR) is 77.7 cm³/mol. The van der Waals surface area contributed by atoms with Crippen LogP contribution in [0, 0.1) is 16.0 Å². The van der Waals surface area contributed by atoms with Crippen LogP contribution in [0.1, 0.15) is 18.9 Å². The summed E-state index contributed by atoms with van der Waals surface area (Å²) in [6, 6.07) is 4.99. The Bertz CT molecular complexity index is 493. The van der Waals surface area contributed by atoms with Crippen molar-refractivity contribution >= 4 is 11.4 Å². The Morgan fingerprint density at radius 3 is 2.90 bits per heavy atom. The van der Waals surface area contributed by atoms with Crippen LogP contribution in [0.4, 0.5) is 11.4 Å². The van der Waals surface area contributed by atoms with E-state index in [1.807, 2.05) is 0 Å². The molecular formula is C14H21N3O3. The van der Waals surface area contributed by atoms with Crippen LogP contribution in [-0.2, 0) is 6.54 Å². The molecule has 0 bridgehead atoms. The van der Waals surface area contributed by atoms with Gasteiger partial charge in [-0.1, -0.05) is 6.92 Å². The lowest BCUT2D eigenvalue weighted by Crippen LogP contribution is -2.34. The minimum Gasteiger partial charge on any atom is -0.395 e. The number of nitrogens with zero attached hydrogens (tertiary/aromatic N) is 2. The Kier molecular flexibility index (Phi) is 4.57. The van der Waals surface area contributed by atoms with Gasteiger partial charge in [-0.15, -0.1) is 0 Å². The molecule has 0 saturated carbocycles. The summed E-state index contributed by atoms with van der Waals surface area (Å²) in [7, 11) is 1.81. The topological polar surface area (TPSA) is 78.6 Å². The van der Waals surface area contributed by atoms with E-state index in [4.69, 9.17) is 0 Å². The summed E-state index contributed by atoms with van der Waals surface area (Å²) < 4.78 is 0. The van der Waals surface area contributed by atoms with Gasteiger partial charge in [0.25, 0.3) is 5.69 Å². The number of aliphatic hydroxyl groups is 1. The number of nitro groups is 1. The van der Waals surface area contributed by atoms with Gasteiger partial charge in [0.2, 0.25) is 0 Å². The second-order valence-corrected chi connectivity index (χ2v) is 5.33. The lowest BCUT2D eigenvalue weighted by molar-refractivity contribution is -0.384. The van der Waals surface area contributed by atoms with E-state index >= 15 is 0 Å². The normalized spacial score (nSPS) is 22.9. The molecule has 0 aliphatic carbocycles. The molecule has 6 heteroatoms. The average molecular weight is 279 g/mol. The molecule has 2 rings (SSSR count). The Morgan fingerprint density at radius 1 is 1.55 bits per heavy atom. The highest BCUT2D eigenvalue weighted by molar-refractivity contribution is 5.55. The molecule has 1 fully saturated rings. The van der Waals surface area contributed by atoms with Crippen LogP contribution in [0.3, 0.4) is 0 Å². The maximum absolute atomic E-state index is 10.9. The Hall–Kier alpha value is -1.66. The first kappa shape index (κ1) is 14.7. The molecular weight excluding hydrogens is 258 g/mol. The third kappa shape index (κ3) is 2.91. The average Bonchev–Trinajstić information content (AvgIpc) is 2.78. The van der Waals surface area contributed by atoms with Gasteiger partial charge < -0.3 is 10.4 Å². The third-order valence-electron chi connectivity index (χ3n) is 4.13. The summed E-state index contributed by atoms with van der Waals surface area (Å²) in [5, 5.41) is 23.5. The number of benzene rings is 1. The maximum atomic E-state index is 10.9. The molecule has 0 aromatic heterocycles. The van der Waals surface area contributed by atoms with Crippen molar-refractivity contribution in [2.45, 2.75) is 25.9 Å². The number of hydrogen-bond donors (Lipinski definition) is 2. The van der Waals surface area contributed by atoms with Crippen LogP contribution in [0.2, 0.25) is 0 Å². The quantitative estimate of drug-likeness (QED) is 0.635. The van der Waals surface area contributed by atoms with Crippen molar-refractivity contribution in [1.29, 1.82) is 0 Å². The van der Waals surface area contributed by atoms with Gasteiger partial charge >= 0.3 is 0 Å². The van der Waals surface area contributed by atoms with Gasteiger partial charge in [0.15, 0.2) is 0 Å². The summed E-state index contributed by atoms with van der Waals surface area (Å²) >= 11 is 0. The number of hydrogen-bond acceptors (Lipinski definition) is 5. The van der Waals surface area contributed by atoms with Gasteiger partial charge in [-0.3, -0.25) is 15.0 Å². The number of nitrogens with one attached hydrogen (secondary N) is 1. The predicted octanol–water partition coefficient (Wildman–Crippen LogP) is 1.84. The molecule has 110 valence electrons. The van der Waals surface area contributed by atoms with E-state index in [9.17, 15) is 15.2 Å². The van der Waals surface area contributed by atoms with Crippen molar-refractivity contribution in [2.24, 2.45) is 5.92 Å². The van der Waals surface area contributed by atoms with Gasteiger partial charge in [0.05, 0.1) is 11.5 Å². The molecule has 0 amide bonds. The van der Waals surface area contributed by atoms with Gasteiger partial charge in [-0.25, -0.2) is 0 Å². The molecule has 6 nitrogen and oxygen atoms in total. The minimum absolute atomic E-state index is 0.104. The van der Waals surface area contributed by atoms with Gasteiger partial charge in [0, 0.05) is 37.5 Å². The summed E-state index contributed by atoms with van der Waals surface area (Å²) in [6.07, 6.45) is 1.05. The number of aliphatic hydroxyl groups excluding tert-OH is 1. The van der Waals surface area contributed by atoms with Crippen molar-refractivity contribution in [2.75, 3.05) is 25.5 Å². The summed E-state index contributed by atoms with van der Waals surface area (Å²) in [6.45, 7) is 3.80. The van der Waals surface area contributed by atoms with Crippen molar-refractivity contribution in [3.8, 4) is 0 Å². The van der Waals surface area contributed by atoms with E-state index in [0.29, 0.717) is 12.5 Å². The molecule has 0 spiro atoms. The molecule has 1 aliphatic heterocycles. The molecule has 1 aromatic carbocycles. The number of non-ortho nitro benzene ring substituents is 1. The fourth-order valence-corrected chi connectivity index (χ4v) is 2.87. The molecule has 2 atom stereocenters. The number of anilines is 1. The zero-order valence-electron chi connectivity index (χ0n) is 11.9. The molecule has 2 unspecified atom stereocenters. The zero-order chi connectivity index (χ0) is 14.7. The van der Waals surface area contributed by atoms with Gasteiger partial charge in [-0.2, -0.15) is 0 Å². The number of likely N-dealkylation sites (tertiary alicyclic amines) is 1. The van der Waals surface area contributed by atoms with E-state index in [1.54, 1.807) is 19.2 Å². The molecule has 1 saturated heterocycles. The van der Waals surface area contributed by atoms with Crippen molar-refractivity contribution in [3.05, 3.63) is 33.9 Å².